The van der Waals surface area contributed by atoms with Crippen LogP contribution in [-0.4, -0.2) is 13.0 Å². The lowest BCUT2D eigenvalue weighted by Gasteiger charge is -2.12. The molecule has 3 N–H and O–H groups in total. The summed E-state index contributed by atoms with van der Waals surface area (Å²) in [5.41, 5.74) is 4.67. The highest BCUT2D eigenvalue weighted by atomic mass is 16.5. The molecule has 1 amide bonds. The fourth-order valence-electron chi connectivity index (χ4n) is 2.03. The van der Waals surface area contributed by atoms with Gasteiger partial charge in [-0.3, -0.25) is 10.2 Å². The van der Waals surface area contributed by atoms with E-state index in [4.69, 9.17) is 10.6 Å². The molecule has 0 spiro atoms. The summed E-state index contributed by atoms with van der Waals surface area (Å²) in [6, 6.07) is 6.33. The molecule has 106 valence electrons. The van der Waals surface area contributed by atoms with Crippen LogP contribution in [0.25, 0.3) is 0 Å². The van der Waals surface area contributed by atoms with Crippen molar-refractivity contribution >= 4 is 5.91 Å². The Bertz CT molecular complexity index is 417. The van der Waals surface area contributed by atoms with E-state index < -0.39 is 0 Å². The topological polar surface area (TPSA) is 64.3 Å². The first kappa shape index (κ1) is 15.5. The number of carbonyl (C=O) groups is 1. The average molecular weight is 264 g/mol. The average Bonchev–Trinajstić information content (AvgIpc) is 2.42. The second kappa shape index (κ2) is 7.79. The maximum absolute atomic E-state index is 11.0. The third-order valence-electron chi connectivity index (χ3n) is 3.23. The number of carbonyl (C=O) groups excluding carboxylic acids is 1. The van der Waals surface area contributed by atoms with Crippen molar-refractivity contribution in [3.8, 4) is 5.75 Å². The van der Waals surface area contributed by atoms with Crippen molar-refractivity contribution in [1.82, 2.24) is 5.43 Å². The Balaban J connectivity index is 2.60. The van der Waals surface area contributed by atoms with Crippen LogP contribution < -0.4 is 16.0 Å². The number of hydrogen-bond acceptors (Lipinski definition) is 3. The van der Waals surface area contributed by atoms with Gasteiger partial charge in [-0.05, 0) is 42.4 Å². The third kappa shape index (κ3) is 4.91. The second-order valence-corrected chi connectivity index (χ2v) is 5.00. The summed E-state index contributed by atoms with van der Waals surface area (Å²) in [6.45, 7) is 4.36. The summed E-state index contributed by atoms with van der Waals surface area (Å²) < 4.78 is 5.38. The Morgan fingerprint density at radius 2 is 2.11 bits per heavy atom. The van der Waals surface area contributed by atoms with Crippen molar-refractivity contribution in [1.29, 1.82) is 0 Å². The molecule has 19 heavy (non-hydrogen) atoms. The van der Waals surface area contributed by atoms with Gasteiger partial charge in [-0.1, -0.05) is 26.0 Å². The number of hydrazine groups is 1. The summed E-state index contributed by atoms with van der Waals surface area (Å²) in [4.78, 5) is 11.0. The number of nitrogens with one attached hydrogen (secondary N) is 1. The van der Waals surface area contributed by atoms with Gasteiger partial charge in [0, 0.05) is 6.42 Å². The Morgan fingerprint density at radius 1 is 1.37 bits per heavy atom. The predicted molar refractivity (Wildman–Crippen MR) is 77.0 cm³/mol. The van der Waals surface area contributed by atoms with Crippen LogP contribution in [0.1, 0.15) is 50.2 Å². The Hall–Kier alpha value is -1.55. The first-order valence-electron chi connectivity index (χ1n) is 6.74. The van der Waals surface area contributed by atoms with Crippen molar-refractivity contribution in [2.45, 2.75) is 45.4 Å². The molecule has 4 heteroatoms. The summed E-state index contributed by atoms with van der Waals surface area (Å²) in [5, 5.41) is 0. The van der Waals surface area contributed by atoms with Crippen LogP contribution in [0.15, 0.2) is 18.2 Å². The van der Waals surface area contributed by atoms with Gasteiger partial charge >= 0.3 is 0 Å². The fourth-order valence-corrected chi connectivity index (χ4v) is 2.03. The zero-order chi connectivity index (χ0) is 14.3. The molecule has 0 aliphatic carbocycles. The van der Waals surface area contributed by atoms with Crippen molar-refractivity contribution in [2.75, 3.05) is 7.11 Å². The number of unbranched alkanes of at least 4 members (excludes halogenated alkanes) is 1. The number of amides is 1. The smallest absolute Gasteiger partial charge is 0.233 e. The molecule has 1 rings (SSSR count). The fraction of sp³-hybridized carbons (Fsp3) is 0.533. The quantitative estimate of drug-likeness (QED) is 0.344. The van der Waals surface area contributed by atoms with Gasteiger partial charge in [-0.15, -0.1) is 0 Å². The van der Waals surface area contributed by atoms with Crippen LogP contribution in [-0.2, 0) is 11.2 Å². The lowest BCUT2D eigenvalue weighted by Crippen LogP contribution is -2.29. The molecule has 4 nitrogen and oxygen atoms in total. The Kier molecular flexibility index (Phi) is 6.36. The van der Waals surface area contributed by atoms with Crippen LogP contribution in [0, 0.1) is 0 Å². The van der Waals surface area contributed by atoms with E-state index in [0.29, 0.717) is 12.3 Å². The first-order valence-corrected chi connectivity index (χ1v) is 6.74. The van der Waals surface area contributed by atoms with Crippen molar-refractivity contribution < 1.29 is 9.53 Å². The maximum atomic E-state index is 11.0. The highest BCUT2D eigenvalue weighted by Crippen LogP contribution is 2.25. The van der Waals surface area contributed by atoms with Gasteiger partial charge in [0.2, 0.25) is 5.91 Å². The van der Waals surface area contributed by atoms with Gasteiger partial charge in [-0.25, -0.2) is 5.84 Å². The van der Waals surface area contributed by atoms with Crippen LogP contribution in [0.5, 0.6) is 5.75 Å². The van der Waals surface area contributed by atoms with Gasteiger partial charge in [0.15, 0.2) is 0 Å². The molecule has 0 aliphatic heterocycles. The number of benzene rings is 1. The van der Waals surface area contributed by atoms with E-state index >= 15 is 0 Å². The van der Waals surface area contributed by atoms with Crippen molar-refractivity contribution in [2.24, 2.45) is 5.84 Å². The molecule has 0 bridgehead atoms. The van der Waals surface area contributed by atoms with Gasteiger partial charge in [0.1, 0.15) is 5.75 Å². The zero-order valence-electron chi connectivity index (χ0n) is 12.0. The van der Waals surface area contributed by atoms with E-state index in [1.54, 1.807) is 7.11 Å². The highest BCUT2D eigenvalue weighted by Gasteiger charge is 2.07. The molecule has 0 heterocycles. The standard InChI is InChI=1S/C15H24N2O2/c1-11(2)12-8-9-14(19-3)13(10-12)6-4-5-7-15(18)17-16/h8-11H,4-7,16H2,1-3H3,(H,17,18). The van der Waals surface area contributed by atoms with Crippen molar-refractivity contribution in [3.63, 3.8) is 0 Å². The van der Waals surface area contributed by atoms with Crippen LogP contribution >= 0.6 is 0 Å². The lowest BCUT2D eigenvalue weighted by atomic mass is 9.97. The van der Waals surface area contributed by atoms with Crippen LogP contribution in [0.3, 0.4) is 0 Å². The highest BCUT2D eigenvalue weighted by molar-refractivity contribution is 5.75. The minimum absolute atomic E-state index is 0.108. The van der Waals surface area contributed by atoms with Crippen molar-refractivity contribution in [3.05, 3.63) is 29.3 Å². The van der Waals surface area contributed by atoms with Crippen LogP contribution in [0.2, 0.25) is 0 Å². The zero-order valence-corrected chi connectivity index (χ0v) is 12.0. The molecule has 0 saturated heterocycles. The molecule has 0 aromatic heterocycles. The summed E-state index contributed by atoms with van der Waals surface area (Å²) in [6.07, 6.45) is 3.17. The summed E-state index contributed by atoms with van der Waals surface area (Å²) >= 11 is 0. The molecule has 0 atom stereocenters. The van der Waals surface area contributed by atoms with Gasteiger partial charge in [0.05, 0.1) is 7.11 Å². The van der Waals surface area contributed by atoms with Crippen LogP contribution in [0.4, 0.5) is 0 Å². The third-order valence-corrected chi connectivity index (χ3v) is 3.23. The number of aryl methyl sites for hydroxylation is 1. The Morgan fingerprint density at radius 3 is 2.68 bits per heavy atom. The predicted octanol–water partition coefficient (Wildman–Crippen LogP) is 2.52. The minimum Gasteiger partial charge on any atom is -0.496 e. The van der Waals surface area contributed by atoms with E-state index in [2.05, 4.69) is 31.4 Å². The molecular formula is C15H24N2O2. The molecule has 0 radical (unpaired) electrons. The van der Waals surface area contributed by atoms with Gasteiger partial charge in [-0.2, -0.15) is 0 Å². The minimum atomic E-state index is -0.108. The number of ether oxygens (including phenoxy) is 1. The number of methoxy groups -OCH3 is 1. The maximum Gasteiger partial charge on any atom is 0.233 e. The van der Waals surface area contributed by atoms with Gasteiger partial charge in [0.25, 0.3) is 0 Å². The monoisotopic (exact) mass is 264 g/mol. The number of nitrogens with two attached hydrogens (primary N) is 1. The molecule has 1 aromatic rings. The molecule has 0 aliphatic rings. The SMILES string of the molecule is COc1ccc(C(C)C)cc1CCCCC(=O)NN. The molecule has 0 unspecified atom stereocenters. The molecule has 0 fully saturated rings. The van der Waals surface area contributed by atoms with E-state index in [-0.39, 0.29) is 5.91 Å². The Labute approximate surface area is 115 Å². The van der Waals surface area contributed by atoms with E-state index in [1.165, 1.54) is 11.1 Å². The summed E-state index contributed by atoms with van der Waals surface area (Å²) in [7, 11) is 1.69. The normalized spacial score (nSPS) is 10.6. The second-order valence-electron chi connectivity index (χ2n) is 5.00. The molecule has 1 aromatic carbocycles. The molecule has 0 saturated carbocycles. The lowest BCUT2D eigenvalue weighted by molar-refractivity contribution is -0.121. The van der Waals surface area contributed by atoms with E-state index in [0.717, 1.165) is 25.0 Å². The first-order chi connectivity index (χ1) is 9.08. The number of hydrogen-bond donors (Lipinski definition) is 2. The van der Waals surface area contributed by atoms with E-state index in [9.17, 15) is 4.79 Å². The number of rotatable bonds is 7. The molecular weight excluding hydrogens is 240 g/mol. The van der Waals surface area contributed by atoms with E-state index in [1.807, 2.05) is 6.07 Å². The summed E-state index contributed by atoms with van der Waals surface area (Å²) in [5.74, 6) is 6.37. The largest absolute Gasteiger partial charge is 0.496 e. The van der Waals surface area contributed by atoms with Gasteiger partial charge < -0.3 is 4.74 Å².